The van der Waals surface area contributed by atoms with Gasteiger partial charge in [0.15, 0.2) is 0 Å². The number of nitrogens with one attached hydrogen (secondary N) is 2. The van der Waals surface area contributed by atoms with Gasteiger partial charge in [0, 0.05) is 17.5 Å². The number of amides is 2. The first-order chi connectivity index (χ1) is 13.4. The summed E-state index contributed by atoms with van der Waals surface area (Å²) in [5.74, 6) is -0.528. The topological polar surface area (TPSA) is 96.9 Å². The minimum atomic E-state index is -2.91. The van der Waals surface area contributed by atoms with E-state index in [0.717, 1.165) is 0 Å². The summed E-state index contributed by atoms with van der Waals surface area (Å²) in [4.78, 5) is 24.6. The van der Waals surface area contributed by atoms with Gasteiger partial charge in [-0.25, -0.2) is 0 Å². The molecule has 3 N–H and O–H groups in total. The monoisotopic (exact) mass is 398 g/mol. The highest BCUT2D eigenvalue weighted by atomic mass is 19.3. The van der Waals surface area contributed by atoms with Crippen LogP contribution in [0.1, 0.15) is 36.0 Å². The van der Waals surface area contributed by atoms with Crippen LogP contribution in [0.4, 0.5) is 8.78 Å². The van der Waals surface area contributed by atoms with Crippen molar-refractivity contribution in [1.29, 1.82) is 0 Å². The third-order valence-electron chi connectivity index (χ3n) is 5.15. The Kier molecular flexibility index (Phi) is 6.79. The summed E-state index contributed by atoms with van der Waals surface area (Å²) >= 11 is 0. The Bertz CT molecular complexity index is 677. The van der Waals surface area contributed by atoms with Crippen molar-refractivity contribution in [1.82, 2.24) is 10.6 Å². The van der Waals surface area contributed by atoms with Crippen molar-refractivity contribution >= 4 is 11.8 Å². The quantitative estimate of drug-likeness (QED) is 0.674. The van der Waals surface area contributed by atoms with Gasteiger partial charge in [0.05, 0.1) is 25.4 Å². The molecule has 154 valence electrons. The predicted molar refractivity (Wildman–Crippen MR) is 95.0 cm³/mol. The lowest BCUT2D eigenvalue weighted by Gasteiger charge is -2.29. The molecule has 1 saturated carbocycles. The Morgan fingerprint density at radius 2 is 1.75 bits per heavy atom. The summed E-state index contributed by atoms with van der Waals surface area (Å²) in [6, 6.07) is 5.10. The molecule has 7 nitrogen and oxygen atoms in total. The number of rotatable bonds is 6. The van der Waals surface area contributed by atoms with Crippen LogP contribution in [-0.4, -0.2) is 54.9 Å². The zero-order chi connectivity index (χ0) is 20.1. The number of alkyl halides is 2. The molecule has 0 radical (unpaired) electrons. The summed E-state index contributed by atoms with van der Waals surface area (Å²) in [7, 11) is 0. The fourth-order valence-electron chi connectivity index (χ4n) is 3.54. The summed E-state index contributed by atoms with van der Waals surface area (Å²) in [6.07, 6.45) is 1.95. The van der Waals surface area contributed by atoms with E-state index >= 15 is 0 Å². The molecule has 1 aromatic carbocycles. The standard InChI is InChI=1S/C19H24F2N2O5/c20-19(21)28-14-7-3-12(4-8-14)17(25)22-13-5-1-11(2-6-13)18(26)23-15-9-27-10-16(15)24/h3-4,7-8,11,13,15-16,19,24H,1-2,5-6,9-10H2,(H,22,25)(H,23,26)/t11?,13?,15-,16-/m0/s1. The molecular weight excluding hydrogens is 374 g/mol. The van der Waals surface area contributed by atoms with Gasteiger partial charge in [0.25, 0.3) is 5.91 Å². The molecule has 0 unspecified atom stereocenters. The number of carbonyl (C=O) groups excluding carboxylic acids is 2. The van der Waals surface area contributed by atoms with E-state index in [1.165, 1.54) is 24.3 Å². The Morgan fingerprint density at radius 3 is 2.32 bits per heavy atom. The molecule has 1 aliphatic heterocycles. The van der Waals surface area contributed by atoms with Crippen LogP contribution in [0, 0.1) is 5.92 Å². The number of aliphatic hydroxyl groups excluding tert-OH is 1. The molecule has 2 amide bonds. The normalized spacial score (nSPS) is 27.4. The number of halogens is 2. The number of hydrogen-bond donors (Lipinski definition) is 3. The van der Waals surface area contributed by atoms with Crippen molar-refractivity contribution in [3.63, 3.8) is 0 Å². The van der Waals surface area contributed by atoms with E-state index in [9.17, 15) is 23.5 Å². The Morgan fingerprint density at radius 1 is 1.07 bits per heavy atom. The number of carbonyl (C=O) groups is 2. The lowest BCUT2D eigenvalue weighted by molar-refractivity contribution is -0.127. The molecule has 3 rings (SSSR count). The van der Waals surface area contributed by atoms with E-state index in [-0.39, 0.29) is 42.2 Å². The molecule has 1 heterocycles. The average Bonchev–Trinajstić information content (AvgIpc) is 3.07. The van der Waals surface area contributed by atoms with Crippen LogP contribution in [0.25, 0.3) is 0 Å². The van der Waals surface area contributed by atoms with E-state index in [0.29, 0.717) is 37.9 Å². The van der Waals surface area contributed by atoms with Gasteiger partial charge in [-0.1, -0.05) is 0 Å². The van der Waals surface area contributed by atoms with Crippen LogP contribution in [0.3, 0.4) is 0 Å². The zero-order valence-corrected chi connectivity index (χ0v) is 15.3. The van der Waals surface area contributed by atoms with Gasteiger partial charge in [-0.2, -0.15) is 8.78 Å². The first-order valence-electron chi connectivity index (χ1n) is 9.34. The molecule has 28 heavy (non-hydrogen) atoms. The van der Waals surface area contributed by atoms with Crippen molar-refractivity contribution < 1.29 is 33.0 Å². The van der Waals surface area contributed by atoms with Gasteiger partial charge in [-0.05, 0) is 49.9 Å². The molecule has 1 aromatic rings. The number of ether oxygens (including phenoxy) is 2. The molecule has 1 aliphatic carbocycles. The summed E-state index contributed by atoms with van der Waals surface area (Å²) < 4.78 is 33.7. The largest absolute Gasteiger partial charge is 0.435 e. The van der Waals surface area contributed by atoms with Gasteiger partial charge in [-0.3, -0.25) is 9.59 Å². The van der Waals surface area contributed by atoms with Crippen LogP contribution in [0.15, 0.2) is 24.3 Å². The smallest absolute Gasteiger partial charge is 0.387 e. The molecular formula is C19H24F2N2O5. The van der Waals surface area contributed by atoms with Gasteiger partial charge >= 0.3 is 6.61 Å². The highest BCUT2D eigenvalue weighted by Crippen LogP contribution is 2.25. The highest BCUT2D eigenvalue weighted by Gasteiger charge is 2.32. The maximum atomic E-state index is 12.3. The van der Waals surface area contributed by atoms with Crippen molar-refractivity contribution in [2.45, 2.75) is 50.5 Å². The second-order valence-corrected chi connectivity index (χ2v) is 7.14. The molecule has 0 spiro atoms. The maximum absolute atomic E-state index is 12.3. The zero-order valence-electron chi connectivity index (χ0n) is 15.3. The van der Waals surface area contributed by atoms with E-state index in [1.54, 1.807) is 0 Å². The van der Waals surface area contributed by atoms with Crippen LogP contribution in [0.2, 0.25) is 0 Å². The predicted octanol–water partition coefficient (Wildman–Crippen LogP) is 1.45. The molecule has 1 saturated heterocycles. The first-order valence-corrected chi connectivity index (χ1v) is 9.34. The molecule has 9 heteroatoms. The van der Waals surface area contributed by atoms with Crippen molar-refractivity contribution in [3.8, 4) is 5.75 Å². The molecule has 2 aliphatic rings. The van der Waals surface area contributed by atoms with Crippen molar-refractivity contribution in [2.24, 2.45) is 5.92 Å². The van der Waals surface area contributed by atoms with E-state index < -0.39 is 12.7 Å². The van der Waals surface area contributed by atoms with Crippen LogP contribution in [0.5, 0.6) is 5.75 Å². The van der Waals surface area contributed by atoms with Crippen LogP contribution < -0.4 is 15.4 Å². The first kappa shape index (κ1) is 20.5. The summed E-state index contributed by atoms with van der Waals surface area (Å²) in [6.45, 7) is -2.35. The van der Waals surface area contributed by atoms with E-state index in [2.05, 4.69) is 15.4 Å². The van der Waals surface area contributed by atoms with Gasteiger partial charge in [0.2, 0.25) is 5.91 Å². The van der Waals surface area contributed by atoms with E-state index in [1.807, 2.05) is 0 Å². The number of hydrogen-bond acceptors (Lipinski definition) is 5. The Hall–Kier alpha value is -2.26. The van der Waals surface area contributed by atoms with E-state index in [4.69, 9.17) is 4.74 Å². The third kappa shape index (κ3) is 5.39. The van der Waals surface area contributed by atoms with Crippen molar-refractivity contribution in [3.05, 3.63) is 29.8 Å². The van der Waals surface area contributed by atoms with Crippen LogP contribution in [-0.2, 0) is 9.53 Å². The van der Waals surface area contributed by atoms with Crippen LogP contribution >= 0.6 is 0 Å². The summed E-state index contributed by atoms with van der Waals surface area (Å²) in [5, 5.41) is 15.5. The lowest BCUT2D eigenvalue weighted by Crippen LogP contribution is -2.47. The lowest BCUT2D eigenvalue weighted by atomic mass is 9.85. The maximum Gasteiger partial charge on any atom is 0.387 e. The fraction of sp³-hybridized carbons (Fsp3) is 0.579. The van der Waals surface area contributed by atoms with Gasteiger partial charge in [0.1, 0.15) is 5.75 Å². The number of benzene rings is 1. The molecule has 2 atom stereocenters. The molecule has 0 bridgehead atoms. The molecule has 2 fully saturated rings. The minimum Gasteiger partial charge on any atom is -0.435 e. The second-order valence-electron chi connectivity index (χ2n) is 7.14. The third-order valence-corrected chi connectivity index (χ3v) is 5.15. The molecule has 0 aromatic heterocycles. The Labute approximate surface area is 161 Å². The number of aliphatic hydroxyl groups is 1. The minimum absolute atomic E-state index is 0.00384. The van der Waals surface area contributed by atoms with Crippen molar-refractivity contribution in [2.75, 3.05) is 13.2 Å². The SMILES string of the molecule is O=C(NC1CCC(C(=O)N[C@H]2COC[C@@H]2O)CC1)c1ccc(OC(F)F)cc1. The summed E-state index contributed by atoms with van der Waals surface area (Å²) in [5.41, 5.74) is 0.358. The second kappa shape index (κ2) is 9.29. The van der Waals surface area contributed by atoms with Gasteiger partial charge in [-0.15, -0.1) is 0 Å². The Balaban J connectivity index is 1.43. The highest BCUT2D eigenvalue weighted by molar-refractivity contribution is 5.94. The fourth-order valence-corrected chi connectivity index (χ4v) is 3.54. The van der Waals surface area contributed by atoms with Gasteiger partial charge < -0.3 is 25.2 Å². The average molecular weight is 398 g/mol.